The molecule has 6 N–H and O–H groups in total. The highest BCUT2D eigenvalue weighted by atomic mass is 31.2. The number of aliphatic hydroxyl groups is 5. The predicted molar refractivity (Wildman–Crippen MR) is 267 cm³/mol. The monoisotopic (exact) mass is 961 g/mol. The van der Waals surface area contributed by atoms with Crippen molar-refractivity contribution in [1.29, 1.82) is 0 Å². The second-order valence-corrected chi connectivity index (χ2v) is 20.5. The molecule has 1 fully saturated rings. The Labute approximate surface area is 402 Å². The number of aliphatic hydroxyl groups excluding tert-OH is 5. The van der Waals surface area contributed by atoms with E-state index in [1.807, 2.05) is 0 Å². The Morgan fingerprint density at radius 2 is 0.848 bits per heavy atom. The number of ether oxygens (including phenoxy) is 2. The fraction of sp³-hybridized carbons (Fsp3) is 0.906. The highest BCUT2D eigenvalue weighted by Gasteiger charge is 2.51. The van der Waals surface area contributed by atoms with E-state index in [1.54, 1.807) is 0 Å². The summed E-state index contributed by atoms with van der Waals surface area (Å²) in [6.45, 7) is 4.28. The van der Waals surface area contributed by atoms with Crippen LogP contribution >= 0.6 is 7.82 Å². The zero-order valence-electron chi connectivity index (χ0n) is 42.0. The van der Waals surface area contributed by atoms with Crippen LogP contribution in [0.25, 0.3) is 0 Å². The van der Waals surface area contributed by atoms with E-state index in [2.05, 4.69) is 38.2 Å². The largest absolute Gasteiger partial charge is 0.472 e. The molecule has 0 saturated heterocycles. The summed E-state index contributed by atoms with van der Waals surface area (Å²) < 4.78 is 34.4. The molecule has 0 aliphatic heterocycles. The summed E-state index contributed by atoms with van der Waals surface area (Å²) in [5.41, 5.74) is 0. The van der Waals surface area contributed by atoms with E-state index in [1.165, 1.54) is 173 Å². The van der Waals surface area contributed by atoms with Crippen LogP contribution in [0.1, 0.15) is 245 Å². The van der Waals surface area contributed by atoms with Crippen LogP contribution in [0.15, 0.2) is 24.3 Å². The number of phosphoric acid groups is 1. The highest BCUT2D eigenvalue weighted by Crippen LogP contribution is 2.47. The van der Waals surface area contributed by atoms with Crippen molar-refractivity contribution in [3.63, 3.8) is 0 Å². The van der Waals surface area contributed by atoms with Crippen molar-refractivity contribution >= 4 is 13.8 Å². The van der Waals surface area contributed by atoms with E-state index in [0.29, 0.717) is 13.0 Å². The molecule has 1 aliphatic rings. The molecule has 0 aromatic carbocycles. The molecular weight excluding hydrogens is 860 g/mol. The lowest BCUT2D eigenvalue weighted by Crippen LogP contribution is -2.64. The number of esters is 1. The van der Waals surface area contributed by atoms with Crippen molar-refractivity contribution in [2.24, 2.45) is 0 Å². The van der Waals surface area contributed by atoms with Gasteiger partial charge in [-0.3, -0.25) is 13.8 Å². The lowest BCUT2D eigenvalue weighted by atomic mass is 9.85. The Morgan fingerprint density at radius 3 is 1.30 bits per heavy atom. The number of hydrogen-bond acceptors (Lipinski definition) is 11. The van der Waals surface area contributed by atoms with Crippen LogP contribution in [0.2, 0.25) is 0 Å². The summed E-state index contributed by atoms with van der Waals surface area (Å²) in [5.74, 6) is -0.473. The van der Waals surface area contributed by atoms with Gasteiger partial charge in [0, 0.05) is 13.0 Å². The van der Waals surface area contributed by atoms with Crippen molar-refractivity contribution in [3.8, 4) is 0 Å². The molecule has 0 radical (unpaired) electrons. The first-order valence-electron chi connectivity index (χ1n) is 27.2. The zero-order chi connectivity index (χ0) is 48.4. The topological polar surface area (TPSA) is 192 Å². The van der Waals surface area contributed by atoms with E-state index < -0.39 is 63.1 Å². The predicted octanol–water partition coefficient (Wildman–Crippen LogP) is 12.4. The van der Waals surface area contributed by atoms with Crippen molar-refractivity contribution < 1.29 is 58.3 Å². The first-order valence-corrected chi connectivity index (χ1v) is 28.7. The van der Waals surface area contributed by atoms with Crippen LogP contribution in [0.4, 0.5) is 0 Å². The maximum absolute atomic E-state index is 12.9. The van der Waals surface area contributed by atoms with Crippen LogP contribution in [0.5, 0.6) is 0 Å². The summed E-state index contributed by atoms with van der Waals surface area (Å²) in [6.07, 6.45) is 39.5. The van der Waals surface area contributed by atoms with Gasteiger partial charge in [-0.15, -0.1) is 0 Å². The third kappa shape index (κ3) is 35.0. The normalized spacial score (nSPS) is 21.5. The SMILES string of the molecule is CCCCC/C=C\C/C=C\CCCCCCCCCCCCOCC(COP(=O)(O)OC1C(O)C(O)C(O)C(O)C1O)OC(=O)CCCCCCCCCCCCCCCCCCCCC. The van der Waals surface area contributed by atoms with Gasteiger partial charge in [0.2, 0.25) is 0 Å². The van der Waals surface area contributed by atoms with Gasteiger partial charge in [-0.1, -0.05) is 218 Å². The number of phosphoric ester groups is 1. The fourth-order valence-electron chi connectivity index (χ4n) is 8.51. The first kappa shape index (κ1) is 62.8. The molecule has 1 rings (SSSR count). The average molecular weight is 961 g/mol. The molecule has 0 aromatic heterocycles. The fourth-order valence-corrected chi connectivity index (χ4v) is 9.48. The van der Waals surface area contributed by atoms with E-state index in [9.17, 15) is 39.8 Å². The molecule has 0 heterocycles. The van der Waals surface area contributed by atoms with Gasteiger partial charge in [-0.2, -0.15) is 0 Å². The van der Waals surface area contributed by atoms with Crippen LogP contribution in [0.3, 0.4) is 0 Å². The summed E-state index contributed by atoms with van der Waals surface area (Å²) in [5, 5.41) is 50.4. The smallest absolute Gasteiger partial charge is 0.457 e. The third-order valence-electron chi connectivity index (χ3n) is 12.8. The van der Waals surface area contributed by atoms with Crippen LogP contribution in [-0.4, -0.2) is 98.9 Å². The van der Waals surface area contributed by atoms with Gasteiger partial charge in [0.15, 0.2) is 0 Å². The van der Waals surface area contributed by atoms with Crippen LogP contribution in [-0.2, 0) is 27.9 Å². The quantitative estimate of drug-likeness (QED) is 0.0147. The molecule has 0 amide bonds. The molecular formula is C53H101O12P. The Bertz CT molecular complexity index is 1190. The van der Waals surface area contributed by atoms with Gasteiger partial charge >= 0.3 is 13.8 Å². The molecule has 13 heteroatoms. The lowest BCUT2D eigenvalue weighted by Gasteiger charge is -2.41. The highest BCUT2D eigenvalue weighted by molar-refractivity contribution is 7.47. The number of hydrogen-bond donors (Lipinski definition) is 6. The molecule has 0 spiro atoms. The number of allylic oxidation sites excluding steroid dienone is 4. The van der Waals surface area contributed by atoms with Crippen molar-refractivity contribution in [3.05, 3.63) is 24.3 Å². The van der Waals surface area contributed by atoms with Crippen molar-refractivity contribution in [2.75, 3.05) is 19.8 Å². The van der Waals surface area contributed by atoms with Gasteiger partial charge < -0.3 is 39.9 Å². The minimum Gasteiger partial charge on any atom is -0.457 e. The average Bonchev–Trinajstić information content (AvgIpc) is 3.30. The molecule has 1 saturated carbocycles. The van der Waals surface area contributed by atoms with Gasteiger partial charge in [0.05, 0.1) is 13.2 Å². The van der Waals surface area contributed by atoms with Gasteiger partial charge in [0.25, 0.3) is 0 Å². The number of unbranched alkanes of at least 4 members (excludes halogenated alkanes) is 31. The molecule has 0 aromatic rings. The summed E-state index contributed by atoms with van der Waals surface area (Å²) in [7, 11) is -5.02. The maximum Gasteiger partial charge on any atom is 0.472 e. The van der Waals surface area contributed by atoms with Crippen molar-refractivity contribution in [1.82, 2.24) is 0 Å². The Balaban J connectivity index is 2.31. The Kier molecular flexibility index (Phi) is 41.7. The van der Waals surface area contributed by atoms with Gasteiger partial charge in [-0.25, -0.2) is 4.57 Å². The van der Waals surface area contributed by atoms with Crippen molar-refractivity contribution in [2.45, 2.75) is 288 Å². The minimum atomic E-state index is -5.02. The van der Waals surface area contributed by atoms with E-state index in [4.69, 9.17) is 18.5 Å². The second kappa shape index (κ2) is 43.8. The zero-order valence-corrected chi connectivity index (χ0v) is 42.9. The molecule has 0 bridgehead atoms. The second-order valence-electron chi connectivity index (χ2n) is 19.1. The van der Waals surface area contributed by atoms with Crippen LogP contribution in [0, 0.1) is 0 Å². The molecule has 66 heavy (non-hydrogen) atoms. The Morgan fingerprint density at radius 1 is 0.485 bits per heavy atom. The summed E-state index contributed by atoms with van der Waals surface area (Å²) in [6, 6.07) is 0. The number of carbonyl (C=O) groups excluding carboxylic acids is 1. The van der Waals surface area contributed by atoms with E-state index in [-0.39, 0.29) is 13.0 Å². The molecule has 6 unspecified atom stereocenters. The maximum atomic E-state index is 12.9. The molecule has 390 valence electrons. The van der Waals surface area contributed by atoms with E-state index in [0.717, 1.165) is 44.9 Å². The standard InChI is InChI=1S/C53H101O12P/c1-3-5-7-9-11-13-15-17-19-21-23-25-27-29-31-33-35-37-39-41-43-62-44-46(45-63-66(60,61)65-53-51(58)49(56)48(55)50(57)52(53)59)64-47(54)42-40-38-36-34-32-30-28-26-24-22-20-18-16-14-12-10-8-6-4-2/h11,13,17,19,46,48-53,55-59H,3-10,12,14-16,18,20-45H2,1-2H3,(H,60,61)/b13-11-,19-17-. The number of rotatable bonds is 47. The number of carbonyl (C=O) groups is 1. The van der Waals surface area contributed by atoms with Crippen LogP contribution < -0.4 is 0 Å². The summed E-state index contributed by atoms with van der Waals surface area (Å²) in [4.78, 5) is 23.3. The lowest BCUT2D eigenvalue weighted by molar-refractivity contribution is -0.220. The molecule has 1 aliphatic carbocycles. The minimum absolute atomic E-state index is 0.0742. The first-order chi connectivity index (χ1) is 32.0. The molecule has 6 atom stereocenters. The van der Waals surface area contributed by atoms with Gasteiger partial charge in [0.1, 0.15) is 42.7 Å². The van der Waals surface area contributed by atoms with Gasteiger partial charge in [-0.05, 0) is 44.9 Å². The summed E-state index contributed by atoms with van der Waals surface area (Å²) >= 11 is 0. The molecule has 12 nitrogen and oxygen atoms in total. The third-order valence-corrected chi connectivity index (χ3v) is 13.8. The van der Waals surface area contributed by atoms with E-state index >= 15 is 0 Å². The Hall–Kier alpha value is -1.18.